The number of carbonyl (C=O) groups excluding carboxylic acids is 2. The maximum Gasteiger partial charge on any atom is 0.257 e. The number of benzene rings is 2. The van der Waals surface area contributed by atoms with E-state index in [4.69, 9.17) is 4.74 Å². The van der Waals surface area contributed by atoms with E-state index in [0.29, 0.717) is 23.7 Å². The number of nitrogens with zero attached hydrogens (tertiary/aromatic N) is 3. The third-order valence-corrected chi connectivity index (χ3v) is 7.07. The van der Waals surface area contributed by atoms with E-state index in [1.165, 1.54) is 0 Å². The van der Waals surface area contributed by atoms with E-state index < -0.39 is 5.54 Å². The molecule has 2 aliphatic heterocycles. The number of nitrogens with one attached hydrogen (secondary N) is 2. The number of hydrogen-bond acceptors (Lipinski definition) is 5. The second-order valence-electron chi connectivity index (χ2n) is 9.41. The van der Waals surface area contributed by atoms with Gasteiger partial charge < -0.3 is 20.3 Å². The fourth-order valence-electron chi connectivity index (χ4n) is 5.14. The van der Waals surface area contributed by atoms with Crippen LogP contribution in [0.25, 0.3) is 11.1 Å². The Balaban J connectivity index is 1.44. The van der Waals surface area contributed by atoms with Crippen LogP contribution in [0.1, 0.15) is 39.8 Å². The average Bonchev–Trinajstić information content (AvgIpc) is 3.44. The van der Waals surface area contributed by atoms with Crippen LogP contribution in [0.15, 0.2) is 54.9 Å². The van der Waals surface area contributed by atoms with Crippen LogP contribution >= 0.6 is 0 Å². The molecule has 5 rings (SSSR count). The predicted molar refractivity (Wildman–Crippen MR) is 140 cm³/mol. The first-order valence-corrected chi connectivity index (χ1v) is 12.1. The van der Waals surface area contributed by atoms with Gasteiger partial charge >= 0.3 is 0 Å². The molecule has 1 saturated heterocycles. The minimum absolute atomic E-state index is 0.146. The van der Waals surface area contributed by atoms with Crippen LogP contribution in [0.4, 0.5) is 0 Å². The topological polar surface area (TPSA) is 88.5 Å². The van der Waals surface area contributed by atoms with Crippen molar-refractivity contribution < 1.29 is 14.3 Å². The number of rotatable bonds is 6. The summed E-state index contributed by atoms with van der Waals surface area (Å²) in [6, 6.07) is 13.3. The lowest BCUT2D eigenvalue weighted by Gasteiger charge is -2.32. The van der Waals surface area contributed by atoms with Gasteiger partial charge in [0.1, 0.15) is 12.4 Å². The van der Waals surface area contributed by atoms with Gasteiger partial charge in [0.2, 0.25) is 0 Å². The van der Waals surface area contributed by atoms with E-state index in [1.807, 2.05) is 62.0 Å². The van der Waals surface area contributed by atoms with Gasteiger partial charge in [-0.05, 0) is 49.6 Å². The average molecular weight is 496 g/mol. The number of fused-ring (bicyclic) bond motifs is 1. The highest BCUT2D eigenvalue weighted by molar-refractivity contribution is 6.00. The van der Waals surface area contributed by atoms with Gasteiger partial charge in [0.25, 0.3) is 11.8 Å². The molecule has 2 aliphatic rings. The molecule has 0 radical (unpaired) electrons. The molecule has 2 amide bonds. The Hall–Kier alpha value is -4.51. The van der Waals surface area contributed by atoms with Crippen LogP contribution in [0, 0.1) is 25.7 Å². The summed E-state index contributed by atoms with van der Waals surface area (Å²) in [6.07, 6.45) is 0. The van der Waals surface area contributed by atoms with E-state index >= 15 is 0 Å². The summed E-state index contributed by atoms with van der Waals surface area (Å²) in [5, 5.41) is 10.5. The fraction of sp³-hybridized carbons (Fsp3) is 0.276. The molecule has 2 aromatic carbocycles. The molecular formula is C29H29N5O3. The molecule has 3 aromatic rings. The number of carbonyl (C=O) groups is 2. The van der Waals surface area contributed by atoms with Crippen molar-refractivity contribution in [3.05, 3.63) is 82.9 Å². The lowest BCUT2D eigenvalue weighted by Crippen LogP contribution is -2.52. The number of amides is 2. The van der Waals surface area contributed by atoms with E-state index in [2.05, 4.69) is 34.2 Å². The molecule has 0 unspecified atom stereocenters. The van der Waals surface area contributed by atoms with E-state index in [0.717, 1.165) is 33.6 Å². The molecule has 8 heteroatoms. The van der Waals surface area contributed by atoms with Crippen LogP contribution in [0.3, 0.4) is 0 Å². The first-order valence-electron chi connectivity index (χ1n) is 12.1. The molecule has 3 heterocycles. The largest absolute Gasteiger partial charge is 0.481 e. The van der Waals surface area contributed by atoms with Gasteiger partial charge in [-0.25, -0.2) is 0 Å². The lowest BCUT2D eigenvalue weighted by atomic mass is 9.87. The van der Waals surface area contributed by atoms with Crippen LogP contribution in [-0.4, -0.2) is 39.6 Å². The Kier molecular flexibility index (Phi) is 6.00. The quantitative estimate of drug-likeness (QED) is 0.513. The summed E-state index contributed by atoms with van der Waals surface area (Å²) < 4.78 is 7.50. The Morgan fingerprint density at radius 3 is 2.54 bits per heavy atom. The number of aryl methyl sites for hydroxylation is 2. The van der Waals surface area contributed by atoms with Gasteiger partial charge in [-0.15, -0.1) is 5.92 Å². The van der Waals surface area contributed by atoms with Gasteiger partial charge in [-0.2, -0.15) is 5.10 Å². The summed E-state index contributed by atoms with van der Waals surface area (Å²) in [4.78, 5) is 28.4. The van der Waals surface area contributed by atoms with Gasteiger partial charge in [0.15, 0.2) is 5.54 Å². The van der Waals surface area contributed by atoms with Crippen molar-refractivity contribution in [2.75, 3.05) is 13.2 Å². The highest BCUT2D eigenvalue weighted by Crippen LogP contribution is 2.35. The van der Waals surface area contributed by atoms with Gasteiger partial charge in [0, 0.05) is 30.4 Å². The summed E-state index contributed by atoms with van der Waals surface area (Å²) in [5.41, 5.74) is 5.15. The zero-order valence-electron chi connectivity index (χ0n) is 21.4. The maximum atomic E-state index is 13.4. The molecule has 0 saturated carbocycles. The highest BCUT2D eigenvalue weighted by Gasteiger charge is 2.48. The molecule has 37 heavy (non-hydrogen) atoms. The summed E-state index contributed by atoms with van der Waals surface area (Å²) in [7, 11) is 1.92. The van der Waals surface area contributed by atoms with E-state index in [9.17, 15) is 9.59 Å². The smallest absolute Gasteiger partial charge is 0.257 e. The molecule has 8 nitrogen and oxygen atoms in total. The third kappa shape index (κ3) is 4.12. The molecule has 188 valence electrons. The second-order valence-corrected chi connectivity index (χ2v) is 9.41. The zero-order chi connectivity index (χ0) is 26.3. The third-order valence-electron chi connectivity index (χ3n) is 7.07. The fourth-order valence-corrected chi connectivity index (χ4v) is 5.14. The molecular weight excluding hydrogens is 466 g/mol. The number of ether oxygens (including phenoxy) is 1. The first kappa shape index (κ1) is 24.2. The molecule has 0 spiro atoms. The van der Waals surface area contributed by atoms with Crippen molar-refractivity contribution in [1.29, 1.82) is 0 Å². The van der Waals surface area contributed by atoms with Crippen LogP contribution in [-0.2, 0) is 23.9 Å². The lowest BCUT2D eigenvalue weighted by molar-refractivity contribution is -0.124. The van der Waals surface area contributed by atoms with Crippen LogP contribution in [0.2, 0.25) is 0 Å². The van der Waals surface area contributed by atoms with Crippen molar-refractivity contribution in [2.45, 2.75) is 32.9 Å². The predicted octanol–water partition coefficient (Wildman–Crippen LogP) is 3.15. The Morgan fingerprint density at radius 2 is 1.92 bits per heavy atom. The van der Waals surface area contributed by atoms with Crippen molar-refractivity contribution in [1.82, 2.24) is 25.3 Å². The first-order chi connectivity index (χ1) is 17.7. The molecule has 2 N–H and O–H groups in total. The SMILES string of the molecule is C=C1NC(=O)[C@](CN2Cc3ccc(OCC#CC)cc3C2=O)(c2ccc(-c3c(C)nn(C)c3C)cc2)N1. The van der Waals surface area contributed by atoms with Crippen molar-refractivity contribution in [3.8, 4) is 28.7 Å². The van der Waals surface area contributed by atoms with Crippen molar-refractivity contribution in [3.63, 3.8) is 0 Å². The van der Waals surface area contributed by atoms with Gasteiger partial charge in [-0.1, -0.05) is 42.8 Å². The van der Waals surface area contributed by atoms with Crippen LogP contribution < -0.4 is 15.4 Å². The standard InChI is InChI=1S/C29H29N5O3/c1-6-7-14-37-24-13-10-22-16-34(27(35)25(22)15-24)17-29(28(36)30-20(4)31-29)23-11-8-21(9-12-23)26-18(2)32-33(5)19(26)3/h8-13,15,31H,4,14,16-17H2,1-3,5H3,(H,30,36)/t29-/m0/s1. The summed E-state index contributed by atoms with van der Waals surface area (Å²) in [6.45, 7) is 10.5. The minimum atomic E-state index is -1.16. The van der Waals surface area contributed by atoms with Gasteiger partial charge in [-0.3, -0.25) is 14.3 Å². The van der Waals surface area contributed by atoms with Crippen LogP contribution in [0.5, 0.6) is 5.75 Å². The van der Waals surface area contributed by atoms with Gasteiger partial charge in [0.05, 0.1) is 18.1 Å². The molecule has 1 fully saturated rings. The zero-order valence-corrected chi connectivity index (χ0v) is 21.4. The molecule has 1 aromatic heterocycles. The maximum absolute atomic E-state index is 13.4. The monoisotopic (exact) mass is 495 g/mol. The van der Waals surface area contributed by atoms with Crippen molar-refractivity contribution in [2.24, 2.45) is 7.05 Å². The molecule has 1 atom stereocenters. The molecule has 0 bridgehead atoms. The summed E-state index contributed by atoms with van der Waals surface area (Å²) >= 11 is 0. The summed E-state index contributed by atoms with van der Waals surface area (Å²) in [5.74, 6) is 6.25. The minimum Gasteiger partial charge on any atom is -0.481 e. The highest BCUT2D eigenvalue weighted by atomic mass is 16.5. The second kappa shape index (κ2) is 9.17. The molecule has 0 aliphatic carbocycles. The Morgan fingerprint density at radius 1 is 1.16 bits per heavy atom. The van der Waals surface area contributed by atoms with Crippen molar-refractivity contribution >= 4 is 11.8 Å². The Bertz CT molecular complexity index is 1490. The Labute approximate surface area is 216 Å². The van der Waals surface area contributed by atoms with E-state index in [-0.39, 0.29) is 25.0 Å². The van der Waals surface area contributed by atoms with E-state index in [1.54, 1.807) is 17.9 Å². The normalized spacial score (nSPS) is 18.3. The number of aromatic nitrogens is 2. The number of hydrogen-bond donors (Lipinski definition) is 2.